The Hall–Kier alpha value is -1.66. The molecule has 3 rings (SSSR count). The molecule has 0 aromatic heterocycles. The van der Waals surface area contributed by atoms with E-state index in [4.69, 9.17) is 4.74 Å². The lowest BCUT2D eigenvalue weighted by molar-refractivity contribution is -0.139. The molecule has 1 aromatic rings. The summed E-state index contributed by atoms with van der Waals surface area (Å²) in [5.74, 6) is -0.263. The minimum Gasteiger partial charge on any atom is -0.389 e. The van der Waals surface area contributed by atoms with E-state index < -0.39 is 5.60 Å². The Morgan fingerprint density at radius 1 is 1.39 bits per heavy atom. The highest BCUT2D eigenvalue weighted by Gasteiger charge is 2.44. The van der Waals surface area contributed by atoms with Gasteiger partial charge in [0.25, 0.3) is 0 Å². The molecule has 0 bridgehead atoms. The largest absolute Gasteiger partial charge is 0.389 e. The van der Waals surface area contributed by atoms with Gasteiger partial charge >= 0.3 is 6.03 Å². The quantitative estimate of drug-likeness (QED) is 0.888. The number of halogens is 1. The number of carbonyl (C=O) groups excluding carboxylic acids is 1. The third kappa shape index (κ3) is 3.82. The van der Waals surface area contributed by atoms with Gasteiger partial charge in [0.2, 0.25) is 0 Å². The number of amides is 2. The van der Waals surface area contributed by atoms with Gasteiger partial charge in [-0.1, -0.05) is 12.1 Å². The summed E-state index contributed by atoms with van der Waals surface area (Å²) in [5, 5.41) is 13.5. The Kier molecular flexibility index (Phi) is 4.82. The van der Waals surface area contributed by atoms with Gasteiger partial charge < -0.3 is 20.1 Å². The van der Waals surface area contributed by atoms with Gasteiger partial charge in [-0.15, -0.1) is 0 Å². The van der Waals surface area contributed by atoms with E-state index in [1.807, 2.05) is 0 Å². The number of fused-ring (bicyclic) bond motifs is 1. The molecule has 2 heterocycles. The van der Waals surface area contributed by atoms with Crippen molar-refractivity contribution in [3.8, 4) is 0 Å². The second kappa shape index (κ2) is 6.84. The fraction of sp³-hybridized carbons (Fsp3) is 0.588. The molecule has 2 atom stereocenters. The molecular weight excluding hydrogens is 299 g/mol. The average Bonchev–Trinajstić information content (AvgIpc) is 2.55. The van der Waals surface area contributed by atoms with Crippen LogP contribution in [0.5, 0.6) is 0 Å². The number of urea groups is 1. The van der Waals surface area contributed by atoms with E-state index >= 15 is 0 Å². The number of aliphatic hydroxyl groups is 1. The highest BCUT2D eigenvalue weighted by Crippen LogP contribution is 2.34. The molecule has 1 aromatic carbocycles. The Morgan fingerprint density at radius 2 is 2.17 bits per heavy atom. The summed E-state index contributed by atoms with van der Waals surface area (Å²) in [6.07, 6.45) is 1.92. The zero-order chi connectivity index (χ0) is 16.3. The van der Waals surface area contributed by atoms with Crippen LogP contribution < -0.4 is 5.32 Å². The molecule has 0 unspecified atom stereocenters. The second-order valence-electron chi connectivity index (χ2n) is 6.43. The van der Waals surface area contributed by atoms with Crippen molar-refractivity contribution in [2.45, 2.75) is 24.9 Å². The smallest absolute Gasteiger partial charge is 0.317 e. The molecule has 2 N–H and O–H groups in total. The summed E-state index contributed by atoms with van der Waals surface area (Å²) >= 11 is 0. The highest BCUT2D eigenvalue weighted by atomic mass is 19.1. The van der Waals surface area contributed by atoms with Crippen LogP contribution in [0.15, 0.2) is 24.3 Å². The molecule has 0 spiro atoms. The molecule has 5 nitrogen and oxygen atoms in total. The summed E-state index contributed by atoms with van der Waals surface area (Å²) < 4.78 is 18.3. The minimum absolute atomic E-state index is 0.00662. The Balaban J connectivity index is 1.46. The molecule has 6 heteroatoms. The van der Waals surface area contributed by atoms with Crippen LogP contribution in [-0.4, -0.2) is 54.5 Å². The number of piperidine rings is 1. The number of nitrogens with zero attached hydrogens (tertiary/aromatic N) is 1. The fourth-order valence-electron chi connectivity index (χ4n) is 3.33. The predicted octanol–water partition coefficient (Wildman–Crippen LogP) is 1.55. The number of rotatable bonds is 3. The Bertz CT molecular complexity index is 551. The van der Waals surface area contributed by atoms with E-state index in [-0.39, 0.29) is 17.8 Å². The van der Waals surface area contributed by atoms with Gasteiger partial charge in [0.1, 0.15) is 5.82 Å². The van der Waals surface area contributed by atoms with Crippen molar-refractivity contribution < 1.29 is 19.0 Å². The lowest BCUT2D eigenvalue weighted by atomic mass is 9.78. The minimum atomic E-state index is -0.677. The van der Waals surface area contributed by atoms with Gasteiger partial charge in [-0.2, -0.15) is 0 Å². The summed E-state index contributed by atoms with van der Waals surface area (Å²) in [7, 11) is 0. The molecule has 2 aliphatic heterocycles. The maximum Gasteiger partial charge on any atom is 0.317 e. The van der Waals surface area contributed by atoms with Crippen molar-refractivity contribution in [3.63, 3.8) is 0 Å². The van der Waals surface area contributed by atoms with Gasteiger partial charge in [-0.05, 0) is 37.0 Å². The average molecular weight is 322 g/mol. The predicted molar refractivity (Wildman–Crippen MR) is 83.6 cm³/mol. The van der Waals surface area contributed by atoms with Gasteiger partial charge in [0.15, 0.2) is 0 Å². The van der Waals surface area contributed by atoms with Crippen LogP contribution in [0.2, 0.25) is 0 Å². The van der Waals surface area contributed by atoms with Gasteiger partial charge in [-0.25, -0.2) is 9.18 Å². The number of nitrogens with one attached hydrogen (secondary N) is 1. The van der Waals surface area contributed by atoms with Crippen molar-refractivity contribution >= 4 is 6.03 Å². The first-order valence-electron chi connectivity index (χ1n) is 8.14. The normalized spacial score (nSPS) is 27.4. The topological polar surface area (TPSA) is 61.8 Å². The molecule has 2 aliphatic rings. The first kappa shape index (κ1) is 16.2. The zero-order valence-corrected chi connectivity index (χ0v) is 13.1. The van der Waals surface area contributed by atoms with E-state index in [1.165, 1.54) is 12.1 Å². The summed E-state index contributed by atoms with van der Waals surface area (Å²) in [5.41, 5.74) is 0.309. The standard InChI is InChI=1S/C17H23FN2O3/c18-15-3-1-13(2-4-15)5-8-19-16(21)20-9-6-17(22)7-10-23-12-14(17)11-20/h1-4,14,22H,5-12H2,(H,19,21)/t14-,17-/m1/s1. The first-order chi connectivity index (χ1) is 11.1. The number of ether oxygens (including phenoxy) is 1. The van der Waals surface area contributed by atoms with Crippen LogP contribution in [0.1, 0.15) is 18.4 Å². The van der Waals surface area contributed by atoms with Crippen LogP contribution in [0, 0.1) is 11.7 Å². The Labute approximate surface area is 135 Å². The van der Waals surface area contributed by atoms with E-state index in [9.17, 15) is 14.3 Å². The third-order valence-electron chi connectivity index (χ3n) is 4.90. The molecular formula is C17H23FN2O3. The van der Waals surface area contributed by atoms with Crippen molar-refractivity contribution in [1.82, 2.24) is 10.2 Å². The first-order valence-corrected chi connectivity index (χ1v) is 8.14. The summed E-state index contributed by atoms with van der Waals surface area (Å²) in [6, 6.07) is 6.18. The third-order valence-corrected chi connectivity index (χ3v) is 4.90. The monoisotopic (exact) mass is 322 g/mol. The highest BCUT2D eigenvalue weighted by molar-refractivity contribution is 5.74. The number of benzene rings is 1. The molecule has 0 aliphatic carbocycles. The second-order valence-corrected chi connectivity index (χ2v) is 6.43. The lowest BCUT2D eigenvalue weighted by Crippen LogP contribution is -2.58. The summed E-state index contributed by atoms with van der Waals surface area (Å²) in [4.78, 5) is 14.0. The van der Waals surface area contributed by atoms with E-state index in [1.54, 1.807) is 17.0 Å². The molecule has 23 heavy (non-hydrogen) atoms. The van der Waals surface area contributed by atoms with E-state index in [0.717, 1.165) is 5.56 Å². The number of likely N-dealkylation sites (tertiary alicyclic amines) is 1. The van der Waals surface area contributed by atoms with Crippen LogP contribution in [0.3, 0.4) is 0 Å². The number of hydrogen-bond acceptors (Lipinski definition) is 3. The fourth-order valence-corrected chi connectivity index (χ4v) is 3.33. The maximum absolute atomic E-state index is 12.8. The van der Waals surface area contributed by atoms with Gasteiger partial charge in [0, 0.05) is 32.2 Å². The lowest BCUT2D eigenvalue weighted by Gasteiger charge is -2.46. The number of carbonyl (C=O) groups is 1. The van der Waals surface area contributed by atoms with Crippen LogP contribution in [0.4, 0.5) is 9.18 Å². The van der Waals surface area contributed by atoms with Crippen molar-refractivity contribution in [3.05, 3.63) is 35.6 Å². The van der Waals surface area contributed by atoms with Crippen molar-refractivity contribution in [1.29, 1.82) is 0 Å². The molecule has 2 amide bonds. The van der Waals surface area contributed by atoms with Gasteiger partial charge in [-0.3, -0.25) is 0 Å². The van der Waals surface area contributed by atoms with Crippen molar-refractivity contribution in [2.75, 3.05) is 32.8 Å². The molecule has 0 saturated carbocycles. The van der Waals surface area contributed by atoms with Crippen LogP contribution in [0.25, 0.3) is 0 Å². The molecule has 2 saturated heterocycles. The zero-order valence-electron chi connectivity index (χ0n) is 13.1. The SMILES string of the molecule is O=C(NCCc1ccc(F)cc1)N1CC[C@@]2(O)CCOC[C@H]2C1. The van der Waals surface area contributed by atoms with E-state index in [2.05, 4.69) is 5.32 Å². The number of hydrogen-bond donors (Lipinski definition) is 2. The summed E-state index contributed by atoms with van der Waals surface area (Å²) in [6.45, 7) is 2.70. The molecule has 126 valence electrons. The molecule has 0 radical (unpaired) electrons. The maximum atomic E-state index is 12.8. The van der Waals surface area contributed by atoms with Gasteiger partial charge in [0.05, 0.1) is 12.2 Å². The van der Waals surface area contributed by atoms with E-state index in [0.29, 0.717) is 52.1 Å². The van der Waals surface area contributed by atoms with Crippen molar-refractivity contribution in [2.24, 2.45) is 5.92 Å². The van der Waals surface area contributed by atoms with Crippen LogP contribution >= 0.6 is 0 Å². The molecule has 2 fully saturated rings. The van der Waals surface area contributed by atoms with Crippen LogP contribution in [-0.2, 0) is 11.2 Å². The Morgan fingerprint density at radius 3 is 2.96 bits per heavy atom.